The van der Waals surface area contributed by atoms with Gasteiger partial charge >= 0.3 is 0 Å². The van der Waals surface area contributed by atoms with E-state index in [0.717, 1.165) is 5.56 Å². The molecule has 1 atom stereocenters. The van der Waals surface area contributed by atoms with Gasteiger partial charge in [-0.15, -0.1) is 0 Å². The van der Waals surface area contributed by atoms with Crippen LogP contribution < -0.4 is 5.32 Å². The molecule has 0 bridgehead atoms. The Balaban J connectivity index is 2.61. The van der Waals surface area contributed by atoms with E-state index in [0.29, 0.717) is 25.1 Å². The zero-order valence-corrected chi connectivity index (χ0v) is 14.8. The number of carbonyl (C=O) groups excluding carboxylic acids is 2. The molecule has 0 saturated carbocycles. The number of rotatable bonds is 8. The van der Waals surface area contributed by atoms with E-state index in [-0.39, 0.29) is 17.9 Å². The second kappa shape index (κ2) is 9.30. The number of nitrogens with one attached hydrogen (secondary N) is 1. The van der Waals surface area contributed by atoms with Gasteiger partial charge in [0.05, 0.1) is 0 Å². The standard InChI is InChI=1S/C18H28N2O3/c1-6-16(23-7-2)17(21)19-12-14-8-10-15(11-9-14)18(22)20(5)13(3)4/h8-11,13,16H,6-7,12H2,1-5H3,(H,19,21)/t16-/m0/s1. The summed E-state index contributed by atoms with van der Waals surface area (Å²) >= 11 is 0. The molecule has 0 aliphatic heterocycles. The molecule has 0 heterocycles. The van der Waals surface area contributed by atoms with Gasteiger partial charge in [0.1, 0.15) is 6.10 Å². The first-order chi connectivity index (χ1) is 10.9. The van der Waals surface area contributed by atoms with E-state index < -0.39 is 6.10 Å². The van der Waals surface area contributed by atoms with Crippen LogP contribution in [0.5, 0.6) is 0 Å². The van der Waals surface area contributed by atoms with Gasteiger partial charge < -0.3 is 15.0 Å². The highest BCUT2D eigenvalue weighted by Gasteiger charge is 2.16. The minimum absolute atomic E-state index is 0.00187. The summed E-state index contributed by atoms with van der Waals surface area (Å²) in [5.41, 5.74) is 1.60. The smallest absolute Gasteiger partial charge is 0.253 e. The molecule has 23 heavy (non-hydrogen) atoms. The average molecular weight is 320 g/mol. The normalized spacial score (nSPS) is 12.1. The predicted molar refractivity (Wildman–Crippen MR) is 91.2 cm³/mol. The van der Waals surface area contributed by atoms with Gasteiger partial charge in [0.15, 0.2) is 0 Å². The largest absolute Gasteiger partial charge is 0.369 e. The Labute approximate surface area is 139 Å². The van der Waals surface area contributed by atoms with E-state index in [4.69, 9.17) is 4.74 Å². The number of carbonyl (C=O) groups is 2. The van der Waals surface area contributed by atoms with Gasteiger partial charge in [-0.25, -0.2) is 0 Å². The summed E-state index contributed by atoms with van der Waals surface area (Å²) in [6, 6.07) is 7.48. The maximum absolute atomic E-state index is 12.2. The summed E-state index contributed by atoms with van der Waals surface area (Å²) in [4.78, 5) is 25.9. The Hall–Kier alpha value is -1.88. The molecule has 1 aromatic rings. The first kappa shape index (κ1) is 19.2. The lowest BCUT2D eigenvalue weighted by Gasteiger charge is -2.21. The maximum atomic E-state index is 12.2. The van der Waals surface area contributed by atoms with Crippen molar-refractivity contribution in [2.24, 2.45) is 0 Å². The molecule has 0 spiro atoms. The topological polar surface area (TPSA) is 58.6 Å². The zero-order chi connectivity index (χ0) is 17.4. The lowest BCUT2D eigenvalue weighted by Crippen LogP contribution is -2.35. The summed E-state index contributed by atoms with van der Waals surface area (Å²) in [5.74, 6) is -0.105. The molecular weight excluding hydrogens is 292 g/mol. The van der Waals surface area contributed by atoms with Crippen molar-refractivity contribution in [2.75, 3.05) is 13.7 Å². The molecule has 1 N–H and O–H groups in total. The van der Waals surface area contributed by atoms with Crippen molar-refractivity contribution in [1.29, 1.82) is 0 Å². The van der Waals surface area contributed by atoms with E-state index in [1.54, 1.807) is 24.1 Å². The first-order valence-electron chi connectivity index (χ1n) is 8.16. The van der Waals surface area contributed by atoms with E-state index in [1.165, 1.54) is 0 Å². The quantitative estimate of drug-likeness (QED) is 0.801. The Bertz CT molecular complexity index is 512. The van der Waals surface area contributed by atoms with Crippen LogP contribution in [0.15, 0.2) is 24.3 Å². The van der Waals surface area contributed by atoms with Crippen molar-refractivity contribution < 1.29 is 14.3 Å². The molecule has 2 amide bonds. The summed E-state index contributed by atoms with van der Waals surface area (Å²) < 4.78 is 5.38. The van der Waals surface area contributed by atoms with Crippen LogP contribution in [-0.4, -0.2) is 42.5 Å². The first-order valence-corrected chi connectivity index (χ1v) is 8.16. The second-order valence-electron chi connectivity index (χ2n) is 5.78. The molecule has 128 valence electrons. The molecule has 0 aliphatic rings. The Morgan fingerprint density at radius 2 is 1.78 bits per heavy atom. The Morgan fingerprint density at radius 3 is 2.26 bits per heavy atom. The summed E-state index contributed by atoms with van der Waals surface area (Å²) in [6.45, 7) is 8.70. The molecule has 1 rings (SSSR count). The number of ether oxygens (including phenoxy) is 1. The van der Waals surface area contributed by atoms with Crippen LogP contribution in [-0.2, 0) is 16.1 Å². The summed E-state index contributed by atoms with van der Waals surface area (Å²) in [6.07, 6.45) is 0.245. The minimum Gasteiger partial charge on any atom is -0.369 e. The van der Waals surface area contributed by atoms with Gasteiger partial charge in [-0.1, -0.05) is 19.1 Å². The number of nitrogens with zero attached hydrogens (tertiary/aromatic N) is 1. The van der Waals surface area contributed by atoms with E-state index in [1.807, 2.05) is 39.8 Å². The fraction of sp³-hybridized carbons (Fsp3) is 0.556. The SMILES string of the molecule is CCO[C@@H](CC)C(=O)NCc1ccc(C(=O)N(C)C(C)C)cc1. The molecule has 1 aromatic carbocycles. The molecular formula is C18H28N2O3. The van der Waals surface area contributed by atoms with Crippen LogP contribution in [0.1, 0.15) is 50.0 Å². The third-order valence-electron chi connectivity index (χ3n) is 3.79. The maximum Gasteiger partial charge on any atom is 0.253 e. The van der Waals surface area contributed by atoms with Crippen LogP contribution in [0, 0.1) is 0 Å². The second-order valence-corrected chi connectivity index (χ2v) is 5.78. The summed E-state index contributed by atoms with van der Waals surface area (Å²) in [7, 11) is 1.79. The molecule has 0 radical (unpaired) electrons. The van der Waals surface area contributed by atoms with Crippen molar-refractivity contribution in [1.82, 2.24) is 10.2 Å². The molecule has 0 saturated heterocycles. The highest BCUT2D eigenvalue weighted by atomic mass is 16.5. The van der Waals surface area contributed by atoms with Crippen molar-refractivity contribution in [2.45, 2.75) is 52.8 Å². The molecule has 0 aromatic heterocycles. The van der Waals surface area contributed by atoms with Crippen LogP contribution in [0.2, 0.25) is 0 Å². The van der Waals surface area contributed by atoms with E-state index in [2.05, 4.69) is 5.32 Å². The van der Waals surface area contributed by atoms with Crippen molar-refractivity contribution in [3.05, 3.63) is 35.4 Å². The predicted octanol–water partition coefficient (Wildman–Crippen LogP) is 2.60. The molecule has 5 nitrogen and oxygen atoms in total. The monoisotopic (exact) mass is 320 g/mol. The van der Waals surface area contributed by atoms with Crippen LogP contribution >= 0.6 is 0 Å². The lowest BCUT2D eigenvalue weighted by molar-refractivity contribution is -0.132. The van der Waals surface area contributed by atoms with Crippen molar-refractivity contribution >= 4 is 11.8 Å². The van der Waals surface area contributed by atoms with Crippen molar-refractivity contribution in [3.8, 4) is 0 Å². The van der Waals surface area contributed by atoms with Crippen LogP contribution in [0.25, 0.3) is 0 Å². The van der Waals surface area contributed by atoms with E-state index >= 15 is 0 Å². The number of amides is 2. The molecule has 0 aliphatic carbocycles. The fourth-order valence-corrected chi connectivity index (χ4v) is 2.09. The Morgan fingerprint density at radius 1 is 1.17 bits per heavy atom. The van der Waals surface area contributed by atoms with Gasteiger partial charge in [-0.3, -0.25) is 9.59 Å². The highest BCUT2D eigenvalue weighted by molar-refractivity contribution is 5.94. The summed E-state index contributed by atoms with van der Waals surface area (Å²) in [5, 5.41) is 2.87. The van der Waals surface area contributed by atoms with Gasteiger partial charge in [0.25, 0.3) is 5.91 Å². The van der Waals surface area contributed by atoms with Gasteiger partial charge in [0.2, 0.25) is 5.91 Å². The zero-order valence-electron chi connectivity index (χ0n) is 14.8. The third kappa shape index (κ3) is 5.67. The van der Waals surface area contributed by atoms with Gasteiger partial charge in [-0.2, -0.15) is 0 Å². The molecule has 5 heteroatoms. The van der Waals surface area contributed by atoms with Gasteiger partial charge in [0, 0.05) is 31.8 Å². The lowest BCUT2D eigenvalue weighted by atomic mass is 10.1. The van der Waals surface area contributed by atoms with Crippen LogP contribution in [0.4, 0.5) is 0 Å². The van der Waals surface area contributed by atoms with Gasteiger partial charge in [-0.05, 0) is 44.9 Å². The Kier molecular flexibility index (Phi) is 7.75. The number of benzene rings is 1. The average Bonchev–Trinajstić information content (AvgIpc) is 2.56. The number of hydrogen-bond donors (Lipinski definition) is 1. The molecule has 0 unspecified atom stereocenters. The van der Waals surface area contributed by atoms with E-state index in [9.17, 15) is 9.59 Å². The fourth-order valence-electron chi connectivity index (χ4n) is 2.09. The number of hydrogen-bond acceptors (Lipinski definition) is 3. The van der Waals surface area contributed by atoms with Crippen molar-refractivity contribution in [3.63, 3.8) is 0 Å². The molecule has 0 fully saturated rings. The van der Waals surface area contributed by atoms with Crippen LogP contribution in [0.3, 0.4) is 0 Å². The third-order valence-corrected chi connectivity index (χ3v) is 3.79. The minimum atomic E-state index is -0.402. The highest BCUT2D eigenvalue weighted by Crippen LogP contribution is 2.09.